The number of rotatable bonds is 6. The van der Waals surface area contributed by atoms with Crippen LogP contribution in [0.5, 0.6) is 0 Å². The van der Waals surface area contributed by atoms with E-state index in [0.29, 0.717) is 6.61 Å². The molecule has 0 amide bonds. The van der Waals surface area contributed by atoms with Gasteiger partial charge in [-0.3, -0.25) is 4.90 Å². The van der Waals surface area contributed by atoms with Crippen molar-refractivity contribution in [1.29, 1.82) is 0 Å². The molecule has 3 nitrogen and oxygen atoms in total. The zero-order valence-corrected chi connectivity index (χ0v) is 12.1. The number of piperazine rings is 1. The third-order valence-corrected chi connectivity index (χ3v) is 4.07. The largest absolute Gasteiger partial charge is 0.396 e. The minimum absolute atomic E-state index is 0.312. The van der Waals surface area contributed by atoms with Gasteiger partial charge < -0.3 is 10.0 Å². The number of nitrogens with zero attached hydrogens (tertiary/aromatic N) is 2. The van der Waals surface area contributed by atoms with E-state index in [1.807, 2.05) is 18.2 Å². The Balaban J connectivity index is 1.73. The average molecular weight is 283 g/mol. The van der Waals surface area contributed by atoms with Crippen molar-refractivity contribution in [3.8, 4) is 0 Å². The number of hydrogen-bond acceptors (Lipinski definition) is 3. The SMILES string of the molecule is OCCCCN1CCN(Cc2ccccc2Cl)CC1. The van der Waals surface area contributed by atoms with E-state index in [1.165, 1.54) is 5.56 Å². The van der Waals surface area contributed by atoms with E-state index >= 15 is 0 Å². The number of benzene rings is 1. The van der Waals surface area contributed by atoms with Crippen LogP contribution in [0.2, 0.25) is 5.02 Å². The smallest absolute Gasteiger partial charge is 0.0451 e. The van der Waals surface area contributed by atoms with Gasteiger partial charge in [-0.25, -0.2) is 0 Å². The summed E-state index contributed by atoms with van der Waals surface area (Å²) >= 11 is 6.20. The van der Waals surface area contributed by atoms with Crippen LogP contribution in [0.15, 0.2) is 24.3 Å². The van der Waals surface area contributed by atoms with Crippen LogP contribution in [0.1, 0.15) is 18.4 Å². The van der Waals surface area contributed by atoms with Crippen LogP contribution < -0.4 is 0 Å². The Morgan fingerprint density at radius 1 is 1.00 bits per heavy atom. The molecule has 0 aliphatic carbocycles. The first-order valence-electron chi connectivity index (χ1n) is 7.08. The lowest BCUT2D eigenvalue weighted by Gasteiger charge is -2.34. The van der Waals surface area contributed by atoms with Gasteiger partial charge in [-0.1, -0.05) is 29.8 Å². The first-order valence-corrected chi connectivity index (χ1v) is 7.46. The first-order chi connectivity index (χ1) is 9.29. The topological polar surface area (TPSA) is 26.7 Å². The van der Waals surface area contributed by atoms with Crippen molar-refractivity contribution in [1.82, 2.24) is 9.80 Å². The molecule has 106 valence electrons. The van der Waals surface area contributed by atoms with Crippen LogP contribution in [0.25, 0.3) is 0 Å². The van der Waals surface area contributed by atoms with Crippen molar-refractivity contribution in [2.75, 3.05) is 39.3 Å². The van der Waals surface area contributed by atoms with E-state index in [4.69, 9.17) is 16.7 Å². The Kier molecular flexibility index (Phi) is 6.11. The fraction of sp³-hybridized carbons (Fsp3) is 0.600. The minimum atomic E-state index is 0.312. The minimum Gasteiger partial charge on any atom is -0.396 e. The zero-order chi connectivity index (χ0) is 13.5. The molecule has 0 radical (unpaired) electrons. The molecule has 0 unspecified atom stereocenters. The third kappa shape index (κ3) is 4.77. The highest BCUT2D eigenvalue weighted by Gasteiger charge is 2.16. The molecule has 0 spiro atoms. The van der Waals surface area contributed by atoms with Crippen molar-refractivity contribution < 1.29 is 5.11 Å². The van der Waals surface area contributed by atoms with Crippen molar-refractivity contribution in [3.05, 3.63) is 34.9 Å². The van der Waals surface area contributed by atoms with E-state index in [1.54, 1.807) is 0 Å². The van der Waals surface area contributed by atoms with Crippen molar-refractivity contribution >= 4 is 11.6 Å². The Morgan fingerprint density at radius 3 is 2.37 bits per heavy atom. The zero-order valence-electron chi connectivity index (χ0n) is 11.4. The molecule has 1 fully saturated rings. The standard InChI is InChI=1S/C15H23ClN2O/c16-15-6-2-1-5-14(15)13-18-10-8-17(9-11-18)7-3-4-12-19/h1-2,5-6,19H,3-4,7-13H2. The molecule has 19 heavy (non-hydrogen) atoms. The van der Waals surface area contributed by atoms with Gasteiger partial charge in [0.15, 0.2) is 0 Å². The summed E-state index contributed by atoms with van der Waals surface area (Å²) in [6, 6.07) is 8.09. The molecule has 1 aromatic rings. The molecule has 2 rings (SSSR count). The number of aliphatic hydroxyl groups is 1. The molecule has 0 saturated carbocycles. The fourth-order valence-corrected chi connectivity index (χ4v) is 2.68. The summed E-state index contributed by atoms with van der Waals surface area (Å²) < 4.78 is 0. The Labute approximate surface area is 120 Å². The van der Waals surface area contributed by atoms with Crippen molar-refractivity contribution in [2.45, 2.75) is 19.4 Å². The Bertz CT molecular complexity index is 378. The molecular formula is C15H23ClN2O. The van der Waals surface area contributed by atoms with Gasteiger partial charge in [-0.2, -0.15) is 0 Å². The average Bonchev–Trinajstić information content (AvgIpc) is 2.44. The van der Waals surface area contributed by atoms with Crippen LogP contribution >= 0.6 is 11.6 Å². The summed E-state index contributed by atoms with van der Waals surface area (Å²) in [5.74, 6) is 0. The van der Waals surface area contributed by atoms with Gasteiger partial charge in [0.25, 0.3) is 0 Å². The molecule has 1 aliphatic heterocycles. The Morgan fingerprint density at radius 2 is 1.68 bits per heavy atom. The van der Waals surface area contributed by atoms with E-state index in [-0.39, 0.29) is 0 Å². The lowest BCUT2D eigenvalue weighted by atomic mass is 10.2. The van der Waals surface area contributed by atoms with Crippen LogP contribution in [-0.2, 0) is 6.54 Å². The molecule has 4 heteroatoms. The van der Waals surface area contributed by atoms with Gasteiger partial charge in [0.1, 0.15) is 0 Å². The molecule has 1 aromatic carbocycles. The van der Waals surface area contributed by atoms with Crippen LogP contribution in [0.3, 0.4) is 0 Å². The van der Waals surface area contributed by atoms with Crippen molar-refractivity contribution in [3.63, 3.8) is 0 Å². The maximum Gasteiger partial charge on any atom is 0.0451 e. The van der Waals surface area contributed by atoms with Crippen LogP contribution in [0, 0.1) is 0 Å². The second kappa shape index (κ2) is 7.85. The summed E-state index contributed by atoms with van der Waals surface area (Å²) in [6.07, 6.45) is 2.01. The summed E-state index contributed by atoms with van der Waals surface area (Å²) in [7, 11) is 0. The molecule has 1 N–H and O–H groups in total. The third-order valence-electron chi connectivity index (χ3n) is 3.70. The van der Waals surface area contributed by atoms with Gasteiger partial charge >= 0.3 is 0 Å². The predicted octanol–water partition coefficient (Wildman–Crippen LogP) is 2.23. The maximum absolute atomic E-state index is 8.79. The van der Waals surface area contributed by atoms with E-state index in [2.05, 4.69) is 15.9 Å². The molecule has 1 saturated heterocycles. The lowest BCUT2D eigenvalue weighted by molar-refractivity contribution is 0.123. The van der Waals surface area contributed by atoms with E-state index in [9.17, 15) is 0 Å². The predicted molar refractivity (Wildman–Crippen MR) is 79.5 cm³/mol. The highest BCUT2D eigenvalue weighted by Crippen LogP contribution is 2.17. The van der Waals surface area contributed by atoms with E-state index < -0.39 is 0 Å². The maximum atomic E-state index is 8.79. The van der Waals surface area contributed by atoms with Gasteiger partial charge in [-0.05, 0) is 31.0 Å². The highest BCUT2D eigenvalue weighted by molar-refractivity contribution is 6.31. The van der Waals surface area contributed by atoms with Gasteiger partial charge in [0, 0.05) is 44.4 Å². The summed E-state index contributed by atoms with van der Waals surface area (Å²) in [5, 5.41) is 9.66. The molecule has 1 heterocycles. The monoisotopic (exact) mass is 282 g/mol. The Hall–Kier alpha value is -0.610. The molecular weight excluding hydrogens is 260 g/mol. The normalized spacial score (nSPS) is 17.8. The molecule has 0 aromatic heterocycles. The van der Waals surface area contributed by atoms with Crippen LogP contribution in [0.4, 0.5) is 0 Å². The summed E-state index contributed by atoms with van der Waals surface area (Å²) in [5.41, 5.74) is 1.22. The quantitative estimate of drug-likeness (QED) is 0.811. The van der Waals surface area contributed by atoms with Crippen LogP contribution in [-0.4, -0.2) is 54.2 Å². The lowest BCUT2D eigenvalue weighted by Crippen LogP contribution is -2.46. The molecule has 0 atom stereocenters. The molecule has 0 bridgehead atoms. The van der Waals surface area contributed by atoms with Crippen molar-refractivity contribution in [2.24, 2.45) is 0 Å². The second-order valence-electron chi connectivity index (χ2n) is 5.14. The number of halogens is 1. The number of aliphatic hydroxyl groups excluding tert-OH is 1. The molecule has 1 aliphatic rings. The summed E-state index contributed by atoms with van der Waals surface area (Å²) in [4.78, 5) is 4.95. The summed E-state index contributed by atoms with van der Waals surface area (Å²) in [6.45, 7) is 6.82. The van der Waals surface area contributed by atoms with E-state index in [0.717, 1.165) is 57.1 Å². The highest BCUT2D eigenvalue weighted by atomic mass is 35.5. The number of unbranched alkanes of at least 4 members (excludes halogenated alkanes) is 1. The number of hydrogen-bond donors (Lipinski definition) is 1. The van der Waals surface area contributed by atoms with Gasteiger partial charge in [0.05, 0.1) is 0 Å². The van der Waals surface area contributed by atoms with Gasteiger partial charge in [0.2, 0.25) is 0 Å². The second-order valence-corrected chi connectivity index (χ2v) is 5.55. The first kappa shape index (κ1) is 14.8. The fourth-order valence-electron chi connectivity index (χ4n) is 2.49. The van der Waals surface area contributed by atoms with Gasteiger partial charge in [-0.15, -0.1) is 0 Å².